The van der Waals surface area contributed by atoms with E-state index in [0.717, 1.165) is 17.7 Å². The van der Waals surface area contributed by atoms with Crippen LogP contribution in [0, 0.1) is 6.92 Å². The Morgan fingerprint density at radius 1 is 1.25 bits per heavy atom. The summed E-state index contributed by atoms with van der Waals surface area (Å²) in [5, 5.41) is 0. The summed E-state index contributed by atoms with van der Waals surface area (Å²) < 4.78 is 5.79. The van der Waals surface area contributed by atoms with E-state index >= 15 is 0 Å². The number of hydrogen-bond donors (Lipinski definition) is 1. The van der Waals surface area contributed by atoms with Gasteiger partial charge in [-0.1, -0.05) is 6.92 Å². The molecule has 1 aromatic carbocycles. The van der Waals surface area contributed by atoms with E-state index in [9.17, 15) is 4.79 Å². The summed E-state index contributed by atoms with van der Waals surface area (Å²) in [6.07, 6.45) is 1.09. The smallest absolute Gasteiger partial charge is 0.257 e. The number of rotatable bonds is 5. The van der Waals surface area contributed by atoms with Crippen molar-refractivity contribution in [3.05, 3.63) is 35.5 Å². The summed E-state index contributed by atoms with van der Waals surface area (Å²) in [6, 6.07) is 7.51. The molecule has 2 aromatic rings. The molecule has 1 heterocycles. The molecule has 6 heteroatoms. The minimum atomic E-state index is -0.151. The highest BCUT2D eigenvalue weighted by atomic mass is 16.5. The summed E-state index contributed by atoms with van der Waals surface area (Å²) in [4.78, 5) is 22.4. The van der Waals surface area contributed by atoms with Crippen molar-refractivity contribution >= 4 is 11.9 Å². The predicted octanol–water partition coefficient (Wildman–Crippen LogP) is 2.91. The molecule has 0 saturated heterocycles. The van der Waals surface area contributed by atoms with Gasteiger partial charge in [-0.15, -0.1) is 0 Å². The summed E-state index contributed by atoms with van der Waals surface area (Å²) in [5.74, 6) is 0.785. The lowest BCUT2D eigenvalue weighted by Gasteiger charge is -2.16. The second kappa shape index (κ2) is 7.29. The van der Waals surface area contributed by atoms with Gasteiger partial charge in [0, 0.05) is 19.7 Å². The minimum absolute atomic E-state index is 0.151. The molecule has 0 spiro atoms. The number of nitrogens with two attached hydrogens (primary N) is 1. The van der Waals surface area contributed by atoms with Gasteiger partial charge in [0.1, 0.15) is 5.75 Å². The molecule has 24 heavy (non-hydrogen) atoms. The van der Waals surface area contributed by atoms with Crippen molar-refractivity contribution in [2.45, 2.75) is 33.3 Å². The third-order valence-electron chi connectivity index (χ3n) is 3.77. The third kappa shape index (κ3) is 3.82. The Morgan fingerprint density at radius 3 is 2.42 bits per heavy atom. The van der Waals surface area contributed by atoms with E-state index in [2.05, 4.69) is 16.9 Å². The van der Waals surface area contributed by atoms with Crippen LogP contribution in [0.25, 0.3) is 11.3 Å². The number of nitrogens with zero attached hydrogens (tertiary/aromatic N) is 3. The number of amides is 1. The van der Waals surface area contributed by atoms with Gasteiger partial charge in [-0.25, -0.2) is 9.97 Å². The van der Waals surface area contributed by atoms with Crippen molar-refractivity contribution < 1.29 is 9.53 Å². The van der Waals surface area contributed by atoms with Crippen molar-refractivity contribution in [2.24, 2.45) is 0 Å². The Bertz CT molecular complexity index is 727. The van der Waals surface area contributed by atoms with Gasteiger partial charge in [0.15, 0.2) is 0 Å². The molecule has 1 unspecified atom stereocenters. The van der Waals surface area contributed by atoms with Crippen LogP contribution < -0.4 is 10.5 Å². The van der Waals surface area contributed by atoms with Gasteiger partial charge in [-0.05, 0) is 44.5 Å². The Morgan fingerprint density at radius 2 is 1.88 bits per heavy atom. The number of aromatic nitrogens is 2. The molecule has 0 aliphatic heterocycles. The fourth-order valence-corrected chi connectivity index (χ4v) is 2.29. The van der Waals surface area contributed by atoms with Crippen molar-refractivity contribution in [1.82, 2.24) is 14.9 Å². The van der Waals surface area contributed by atoms with E-state index in [1.54, 1.807) is 21.0 Å². The van der Waals surface area contributed by atoms with Gasteiger partial charge in [0.25, 0.3) is 5.91 Å². The van der Waals surface area contributed by atoms with E-state index in [1.165, 1.54) is 4.90 Å². The fourth-order valence-electron chi connectivity index (χ4n) is 2.29. The number of aryl methyl sites for hydroxylation is 1. The van der Waals surface area contributed by atoms with E-state index in [0.29, 0.717) is 17.0 Å². The maximum atomic E-state index is 12.5. The van der Waals surface area contributed by atoms with Crippen molar-refractivity contribution in [2.75, 3.05) is 19.8 Å². The molecule has 1 amide bonds. The molecule has 6 nitrogen and oxygen atoms in total. The first-order valence-corrected chi connectivity index (χ1v) is 7.96. The fraction of sp³-hybridized carbons (Fsp3) is 0.389. The zero-order chi connectivity index (χ0) is 17.9. The lowest BCUT2D eigenvalue weighted by molar-refractivity contribution is 0.0827. The van der Waals surface area contributed by atoms with Crippen LogP contribution in [0.5, 0.6) is 5.75 Å². The van der Waals surface area contributed by atoms with Crippen molar-refractivity contribution in [3.63, 3.8) is 0 Å². The first kappa shape index (κ1) is 17.7. The van der Waals surface area contributed by atoms with Gasteiger partial charge in [-0.2, -0.15) is 0 Å². The Balaban J connectivity index is 2.46. The molecular formula is C18H24N4O2. The highest BCUT2D eigenvalue weighted by molar-refractivity contribution is 6.00. The molecule has 1 atom stereocenters. The second-order valence-corrected chi connectivity index (χ2v) is 5.95. The normalized spacial score (nSPS) is 11.9. The third-order valence-corrected chi connectivity index (χ3v) is 3.77. The average Bonchev–Trinajstić information content (AvgIpc) is 2.54. The number of ether oxygens (including phenoxy) is 1. The topological polar surface area (TPSA) is 81.3 Å². The largest absolute Gasteiger partial charge is 0.491 e. The molecule has 128 valence electrons. The molecule has 0 radical (unpaired) electrons. The van der Waals surface area contributed by atoms with Crippen LogP contribution in [0.4, 0.5) is 5.95 Å². The van der Waals surface area contributed by atoms with Gasteiger partial charge in [-0.3, -0.25) is 4.79 Å². The maximum absolute atomic E-state index is 12.5. The van der Waals surface area contributed by atoms with E-state index in [-0.39, 0.29) is 18.0 Å². The van der Waals surface area contributed by atoms with E-state index < -0.39 is 0 Å². The molecule has 1 aromatic heterocycles. The molecule has 0 fully saturated rings. The van der Waals surface area contributed by atoms with Crippen LogP contribution >= 0.6 is 0 Å². The molecule has 2 rings (SSSR count). The zero-order valence-electron chi connectivity index (χ0n) is 14.8. The molecule has 0 bridgehead atoms. The van der Waals surface area contributed by atoms with Crippen LogP contribution in [0.2, 0.25) is 0 Å². The van der Waals surface area contributed by atoms with Crippen LogP contribution in [-0.4, -0.2) is 41.0 Å². The van der Waals surface area contributed by atoms with Crippen molar-refractivity contribution in [1.29, 1.82) is 0 Å². The maximum Gasteiger partial charge on any atom is 0.257 e. The Hall–Kier alpha value is -2.63. The number of carbonyl (C=O) groups is 1. The predicted molar refractivity (Wildman–Crippen MR) is 95.0 cm³/mol. The standard InChI is InChI=1S/C18H24N4O2/c1-6-11(2)24-14-9-7-13(8-10-14)16-15(17(23)22(4)5)12(3)20-18(19)21-16/h7-11H,6H2,1-5H3,(H2,19,20,21). The number of hydrogen-bond acceptors (Lipinski definition) is 5. The van der Waals surface area contributed by atoms with E-state index in [1.807, 2.05) is 31.2 Å². The van der Waals surface area contributed by atoms with Gasteiger partial charge >= 0.3 is 0 Å². The molecule has 2 N–H and O–H groups in total. The van der Waals surface area contributed by atoms with Crippen LogP contribution in [0.15, 0.2) is 24.3 Å². The minimum Gasteiger partial charge on any atom is -0.491 e. The monoisotopic (exact) mass is 328 g/mol. The lowest BCUT2D eigenvalue weighted by atomic mass is 10.0. The SMILES string of the molecule is CCC(C)Oc1ccc(-c2nc(N)nc(C)c2C(=O)N(C)C)cc1. The second-order valence-electron chi connectivity index (χ2n) is 5.95. The summed E-state index contributed by atoms with van der Waals surface area (Å²) in [5.41, 5.74) is 8.15. The zero-order valence-corrected chi connectivity index (χ0v) is 14.8. The summed E-state index contributed by atoms with van der Waals surface area (Å²) in [6.45, 7) is 5.86. The molecule has 0 saturated carbocycles. The van der Waals surface area contributed by atoms with Crippen LogP contribution in [0.1, 0.15) is 36.3 Å². The first-order valence-electron chi connectivity index (χ1n) is 7.96. The molecular weight excluding hydrogens is 304 g/mol. The van der Waals surface area contributed by atoms with Crippen LogP contribution in [-0.2, 0) is 0 Å². The number of carbonyl (C=O) groups excluding carboxylic acids is 1. The van der Waals surface area contributed by atoms with E-state index in [4.69, 9.17) is 10.5 Å². The van der Waals surface area contributed by atoms with Gasteiger partial charge in [0.05, 0.1) is 23.1 Å². The Kier molecular flexibility index (Phi) is 5.39. The molecule has 0 aliphatic carbocycles. The van der Waals surface area contributed by atoms with Gasteiger partial charge in [0.2, 0.25) is 5.95 Å². The average molecular weight is 328 g/mol. The van der Waals surface area contributed by atoms with Gasteiger partial charge < -0.3 is 15.4 Å². The quantitative estimate of drug-likeness (QED) is 0.912. The summed E-state index contributed by atoms with van der Waals surface area (Å²) >= 11 is 0. The summed E-state index contributed by atoms with van der Waals surface area (Å²) in [7, 11) is 3.40. The number of anilines is 1. The number of nitrogen functional groups attached to an aromatic ring is 1. The first-order chi connectivity index (χ1) is 11.3. The van der Waals surface area contributed by atoms with Crippen LogP contribution in [0.3, 0.4) is 0 Å². The molecule has 0 aliphatic rings. The lowest BCUT2D eigenvalue weighted by Crippen LogP contribution is -2.24. The van der Waals surface area contributed by atoms with Crippen molar-refractivity contribution in [3.8, 4) is 17.0 Å². The number of benzene rings is 1. The highest BCUT2D eigenvalue weighted by Crippen LogP contribution is 2.27. The Labute approximate surface area is 142 Å². The highest BCUT2D eigenvalue weighted by Gasteiger charge is 2.20.